The van der Waals surface area contributed by atoms with Crippen LogP contribution < -0.4 is 0 Å². The number of rotatable bonds is 11. The molecule has 4 rings (SSSR count). The van der Waals surface area contributed by atoms with E-state index in [1.54, 1.807) is 0 Å². The summed E-state index contributed by atoms with van der Waals surface area (Å²) >= 11 is 0. The highest BCUT2D eigenvalue weighted by molar-refractivity contribution is 6.73. The smallest absolute Gasteiger partial charge is 0.362 e. The molecule has 11 nitrogen and oxygen atoms in total. The lowest BCUT2D eigenvalue weighted by molar-refractivity contribution is -0.384. The maximum Gasteiger partial charge on any atom is 0.362 e. The third-order valence-corrected chi connectivity index (χ3v) is 13.7. The Morgan fingerprint density at radius 1 is 1.15 bits per heavy atom. The molecule has 1 aromatic rings. The SMILES string of the molecule is CC[Si](CC)(CC)O[C@H](C)C1C(=O)N2C(C(=O)OC(=O)c3ccc([N+](=O)[O-])cc3)=C(CN3CC[C@H](O)C3)[C@H](C)[C@H]12. The van der Waals surface area contributed by atoms with Crippen molar-refractivity contribution in [2.45, 2.75) is 77.4 Å². The molecule has 2 saturated heterocycles. The van der Waals surface area contributed by atoms with Crippen molar-refractivity contribution < 1.29 is 33.6 Å². The highest BCUT2D eigenvalue weighted by Crippen LogP contribution is 2.49. The topological polar surface area (TPSA) is 140 Å². The number of fused-ring (bicyclic) bond motifs is 1. The molecule has 218 valence electrons. The molecule has 0 aliphatic carbocycles. The fourth-order valence-electron chi connectivity index (χ4n) is 6.40. The second kappa shape index (κ2) is 11.9. The second-order valence-corrected chi connectivity index (χ2v) is 15.8. The Labute approximate surface area is 235 Å². The number of nitro groups is 1. The number of ether oxygens (including phenoxy) is 1. The van der Waals surface area contributed by atoms with Gasteiger partial charge in [0.1, 0.15) is 5.70 Å². The predicted octanol–water partition coefficient (Wildman–Crippen LogP) is 3.49. The molecule has 2 fully saturated rings. The zero-order valence-electron chi connectivity index (χ0n) is 23.8. The monoisotopic (exact) mass is 573 g/mol. The number of likely N-dealkylation sites (tertiary alicyclic amines) is 1. The standard InChI is InChI=1S/C28H39N3O8Si/c1-6-40(7-2,8-3)39-18(5)23-24-17(4)22(16-29-14-13-21(32)15-29)25(30(24)26(23)33)28(35)38-27(34)19-9-11-20(12-10-19)31(36)37/h9-12,17-18,21,23-24,32H,6-8,13-16H2,1-5H3/t17-,18+,21-,23?,24+/m0/s1. The number of carbonyl (C=O) groups is 3. The molecule has 3 heterocycles. The van der Waals surface area contributed by atoms with Crippen LogP contribution in [0.4, 0.5) is 5.69 Å². The molecule has 0 aromatic heterocycles. The molecule has 40 heavy (non-hydrogen) atoms. The summed E-state index contributed by atoms with van der Waals surface area (Å²) < 4.78 is 11.9. The van der Waals surface area contributed by atoms with Crippen molar-refractivity contribution in [1.82, 2.24) is 9.80 Å². The molecule has 1 unspecified atom stereocenters. The van der Waals surface area contributed by atoms with Gasteiger partial charge in [0.05, 0.1) is 34.7 Å². The van der Waals surface area contributed by atoms with Crippen molar-refractivity contribution in [2.24, 2.45) is 11.8 Å². The lowest BCUT2D eigenvalue weighted by atomic mass is 9.77. The van der Waals surface area contributed by atoms with E-state index in [0.717, 1.165) is 30.3 Å². The Morgan fingerprint density at radius 3 is 2.30 bits per heavy atom. The highest BCUT2D eigenvalue weighted by Gasteiger charge is 2.61. The summed E-state index contributed by atoms with van der Waals surface area (Å²) in [4.78, 5) is 53.7. The van der Waals surface area contributed by atoms with Gasteiger partial charge in [0.25, 0.3) is 5.69 Å². The summed E-state index contributed by atoms with van der Waals surface area (Å²) in [5.74, 6) is -2.69. The summed E-state index contributed by atoms with van der Waals surface area (Å²) in [7, 11) is -1.98. The van der Waals surface area contributed by atoms with Gasteiger partial charge in [-0.2, -0.15) is 0 Å². The van der Waals surface area contributed by atoms with Gasteiger partial charge in [-0.3, -0.25) is 19.8 Å². The molecule has 3 aliphatic rings. The number of benzene rings is 1. The number of amides is 1. The zero-order chi connectivity index (χ0) is 29.4. The molecular weight excluding hydrogens is 534 g/mol. The maximum absolute atomic E-state index is 13.6. The van der Waals surface area contributed by atoms with E-state index in [2.05, 4.69) is 20.8 Å². The van der Waals surface area contributed by atoms with Crippen LogP contribution in [0.15, 0.2) is 35.5 Å². The molecule has 1 amide bonds. The van der Waals surface area contributed by atoms with Gasteiger partial charge in [-0.05, 0) is 49.2 Å². The number of non-ortho nitro benzene ring substituents is 1. The molecular formula is C28H39N3O8Si. The van der Waals surface area contributed by atoms with Gasteiger partial charge >= 0.3 is 11.9 Å². The number of aliphatic hydroxyl groups excluding tert-OH is 1. The van der Waals surface area contributed by atoms with Gasteiger partial charge in [0.2, 0.25) is 5.91 Å². The first-order valence-electron chi connectivity index (χ1n) is 14.1. The van der Waals surface area contributed by atoms with Gasteiger partial charge in [-0.25, -0.2) is 9.59 Å². The number of carbonyl (C=O) groups excluding carboxylic acids is 3. The van der Waals surface area contributed by atoms with Gasteiger partial charge in [-0.15, -0.1) is 0 Å². The van der Waals surface area contributed by atoms with Gasteiger partial charge in [0.15, 0.2) is 8.32 Å². The summed E-state index contributed by atoms with van der Waals surface area (Å²) in [6.45, 7) is 11.8. The summed E-state index contributed by atoms with van der Waals surface area (Å²) in [5.41, 5.74) is 0.574. The van der Waals surface area contributed by atoms with Gasteiger partial charge in [0, 0.05) is 37.7 Å². The van der Waals surface area contributed by atoms with E-state index in [-0.39, 0.29) is 40.9 Å². The molecule has 1 N–H and O–H groups in total. The maximum atomic E-state index is 13.6. The summed E-state index contributed by atoms with van der Waals surface area (Å²) in [6, 6.07) is 7.35. The van der Waals surface area contributed by atoms with Crippen molar-refractivity contribution in [2.75, 3.05) is 19.6 Å². The first-order chi connectivity index (χ1) is 19.0. The van der Waals surface area contributed by atoms with E-state index in [4.69, 9.17) is 9.16 Å². The van der Waals surface area contributed by atoms with Gasteiger partial charge in [-0.1, -0.05) is 27.7 Å². The van der Waals surface area contributed by atoms with E-state index in [1.807, 2.05) is 18.7 Å². The molecule has 0 saturated carbocycles. The fourth-order valence-corrected chi connectivity index (χ4v) is 9.34. The van der Waals surface area contributed by atoms with E-state index >= 15 is 0 Å². The second-order valence-electron chi connectivity index (χ2n) is 11.1. The molecule has 5 atom stereocenters. The number of esters is 2. The minimum absolute atomic E-state index is 0.0128. The average molecular weight is 574 g/mol. The summed E-state index contributed by atoms with van der Waals surface area (Å²) in [5, 5.41) is 21.0. The molecule has 0 spiro atoms. The zero-order valence-corrected chi connectivity index (χ0v) is 24.8. The van der Waals surface area contributed by atoms with Crippen LogP contribution in [0.3, 0.4) is 0 Å². The number of β-amino-alcohol motifs (C(OH)–C–C–N with tert-alkyl or cyclic N) is 1. The summed E-state index contributed by atoms with van der Waals surface area (Å²) in [6.07, 6.45) is -0.140. The number of nitro benzene ring substituents is 1. The van der Waals surface area contributed by atoms with E-state index < -0.39 is 37.2 Å². The fraction of sp³-hybridized carbons (Fsp3) is 0.607. The van der Waals surface area contributed by atoms with Crippen molar-refractivity contribution in [3.05, 3.63) is 51.2 Å². The normalized spacial score (nSPS) is 25.6. The number of nitrogens with zero attached hydrogens (tertiary/aromatic N) is 3. The first kappa shape index (κ1) is 30.0. The van der Waals surface area contributed by atoms with Crippen molar-refractivity contribution in [1.29, 1.82) is 0 Å². The van der Waals surface area contributed by atoms with E-state index in [1.165, 1.54) is 17.0 Å². The minimum atomic E-state index is -1.98. The first-order valence-corrected chi connectivity index (χ1v) is 16.6. The van der Waals surface area contributed by atoms with Crippen LogP contribution in [-0.2, 0) is 18.8 Å². The van der Waals surface area contributed by atoms with Crippen LogP contribution in [0.25, 0.3) is 0 Å². The lowest BCUT2D eigenvalue weighted by Crippen LogP contribution is -2.65. The van der Waals surface area contributed by atoms with Crippen LogP contribution in [0.1, 0.15) is 51.4 Å². The van der Waals surface area contributed by atoms with Crippen LogP contribution in [0.2, 0.25) is 18.1 Å². The van der Waals surface area contributed by atoms with E-state index in [0.29, 0.717) is 31.6 Å². The van der Waals surface area contributed by atoms with Crippen LogP contribution in [-0.4, -0.2) is 83.9 Å². The molecule has 3 aliphatic heterocycles. The number of hydrogen-bond acceptors (Lipinski definition) is 9. The molecule has 0 radical (unpaired) electrons. The number of hydrogen-bond donors (Lipinski definition) is 1. The van der Waals surface area contributed by atoms with E-state index in [9.17, 15) is 29.6 Å². The van der Waals surface area contributed by atoms with Crippen molar-refractivity contribution in [3.63, 3.8) is 0 Å². The van der Waals surface area contributed by atoms with Crippen molar-refractivity contribution in [3.8, 4) is 0 Å². The predicted molar refractivity (Wildman–Crippen MR) is 149 cm³/mol. The Bertz CT molecular complexity index is 1190. The van der Waals surface area contributed by atoms with Crippen LogP contribution in [0, 0.1) is 22.0 Å². The lowest BCUT2D eigenvalue weighted by Gasteiger charge is -2.49. The van der Waals surface area contributed by atoms with Crippen LogP contribution in [0.5, 0.6) is 0 Å². The third kappa shape index (κ3) is 5.49. The number of β-lactam (4-membered cyclic amide) rings is 1. The highest BCUT2D eigenvalue weighted by atomic mass is 28.4. The molecule has 1 aromatic carbocycles. The third-order valence-electron chi connectivity index (χ3n) is 9.00. The largest absolute Gasteiger partial charge is 0.413 e. The average Bonchev–Trinajstić information content (AvgIpc) is 3.45. The Morgan fingerprint density at radius 2 is 1.77 bits per heavy atom. The molecule has 0 bridgehead atoms. The Balaban J connectivity index is 1.59. The Hall–Kier alpha value is -2.93. The van der Waals surface area contributed by atoms with Crippen molar-refractivity contribution >= 4 is 31.9 Å². The number of aliphatic hydroxyl groups is 1. The molecule has 12 heteroatoms. The quantitative estimate of drug-likeness (QED) is 0.105. The van der Waals surface area contributed by atoms with Crippen LogP contribution >= 0.6 is 0 Å². The Kier molecular flexibility index (Phi) is 8.93. The minimum Gasteiger partial charge on any atom is -0.413 e. The van der Waals surface area contributed by atoms with Gasteiger partial charge < -0.3 is 19.2 Å².